The van der Waals surface area contributed by atoms with Crippen molar-refractivity contribution in [3.63, 3.8) is 0 Å². The topological polar surface area (TPSA) is 70.3 Å². The zero-order valence-electron chi connectivity index (χ0n) is 12.3. The molecule has 21 heavy (non-hydrogen) atoms. The molecule has 0 aliphatic carbocycles. The lowest BCUT2D eigenvalue weighted by Gasteiger charge is -2.14. The first-order chi connectivity index (χ1) is 9.95. The van der Waals surface area contributed by atoms with Crippen LogP contribution in [0.5, 0.6) is 0 Å². The molecule has 0 fully saturated rings. The van der Waals surface area contributed by atoms with Crippen LogP contribution in [0.25, 0.3) is 10.9 Å². The summed E-state index contributed by atoms with van der Waals surface area (Å²) in [6.45, 7) is 3.94. The first-order valence-electron chi connectivity index (χ1n) is 6.75. The van der Waals surface area contributed by atoms with Gasteiger partial charge < -0.3 is 4.74 Å². The van der Waals surface area contributed by atoms with Gasteiger partial charge in [0.15, 0.2) is 0 Å². The van der Waals surface area contributed by atoms with E-state index in [1.165, 1.54) is 16.2 Å². The molecule has 0 aliphatic rings. The number of methoxy groups -OCH3 is 1. The van der Waals surface area contributed by atoms with Crippen molar-refractivity contribution in [3.05, 3.63) is 45.1 Å². The lowest BCUT2D eigenvalue weighted by molar-refractivity contribution is -0.141. The van der Waals surface area contributed by atoms with Gasteiger partial charge in [0, 0.05) is 6.54 Å². The van der Waals surface area contributed by atoms with E-state index in [-0.39, 0.29) is 18.0 Å². The number of rotatable bonds is 4. The van der Waals surface area contributed by atoms with Crippen LogP contribution < -0.4 is 11.2 Å². The molecule has 1 heterocycles. The molecule has 2 rings (SSSR count). The van der Waals surface area contributed by atoms with Crippen molar-refractivity contribution < 1.29 is 9.53 Å². The van der Waals surface area contributed by atoms with E-state index in [9.17, 15) is 14.4 Å². The van der Waals surface area contributed by atoms with Gasteiger partial charge in [0.2, 0.25) is 0 Å². The first kappa shape index (κ1) is 15.0. The second-order valence-corrected chi connectivity index (χ2v) is 5.27. The van der Waals surface area contributed by atoms with E-state index < -0.39 is 11.7 Å². The van der Waals surface area contributed by atoms with Crippen molar-refractivity contribution in [2.75, 3.05) is 7.11 Å². The van der Waals surface area contributed by atoms with E-state index in [2.05, 4.69) is 4.74 Å². The van der Waals surface area contributed by atoms with Crippen LogP contribution in [0.1, 0.15) is 13.8 Å². The third-order valence-electron chi connectivity index (χ3n) is 3.19. The highest BCUT2D eigenvalue weighted by atomic mass is 16.5. The molecule has 6 nitrogen and oxygen atoms in total. The number of hydrogen-bond donors (Lipinski definition) is 0. The number of nitrogens with zero attached hydrogens (tertiary/aromatic N) is 2. The SMILES string of the molecule is COC(=O)Cn1c(=O)n(CC(C)C)c(=O)c2ccccc21. The van der Waals surface area contributed by atoms with Gasteiger partial charge in [-0.05, 0) is 18.1 Å². The van der Waals surface area contributed by atoms with Gasteiger partial charge in [-0.25, -0.2) is 4.79 Å². The summed E-state index contributed by atoms with van der Waals surface area (Å²) in [7, 11) is 1.26. The van der Waals surface area contributed by atoms with E-state index in [0.29, 0.717) is 17.4 Å². The molecular weight excluding hydrogens is 272 g/mol. The van der Waals surface area contributed by atoms with E-state index in [1.807, 2.05) is 13.8 Å². The van der Waals surface area contributed by atoms with Crippen molar-refractivity contribution >= 4 is 16.9 Å². The van der Waals surface area contributed by atoms with E-state index >= 15 is 0 Å². The van der Waals surface area contributed by atoms with Gasteiger partial charge in [-0.1, -0.05) is 26.0 Å². The zero-order valence-corrected chi connectivity index (χ0v) is 12.3. The van der Waals surface area contributed by atoms with Gasteiger partial charge in [0.1, 0.15) is 6.54 Å². The largest absolute Gasteiger partial charge is 0.468 e. The number of benzene rings is 1. The summed E-state index contributed by atoms with van der Waals surface area (Å²) < 4.78 is 7.08. The number of carbonyl (C=O) groups excluding carboxylic acids is 1. The van der Waals surface area contributed by atoms with Gasteiger partial charge >= 0.3 is 11.7 Å². The molecule has 1 aromatic heterocycles. The lowest BCUT2D eigenvalue weighted by atomic mass is 10.2. The quantitative estimate of drug-likeness (QED) is 0.787. The number of esters is 1. The Morgan fingerprint density at radius 2 is 1.86 bits per heavy atom. The lowest BCUT2D eigenvalue weighted by Crippen LogP contribution is -2.42. The maximum Gasteiger partial charge on any atom is 0.332 e. The monoisotopic (exact) mass is 290 g/mol. The number of hydrogen-bond acceptors (Lipinski definition) is 4. The Morgan fingerprint density at radius 1 is 1.19 bits per heavy atom. The predicted octanol–water partition coefficient (Wildman–Crippen LogP) is 0.992. The second kappa shape index (κ2) is 5.95. The van der Waals surface area contributed by atoms with E-state index in [0.717, 1.165) is 0 Å². The molecule has 0 radical (unpaired) electrons. The fraction of sp³-hybridized carbons (Fsp3) is 0.400. The second-order valence-electron chi connectivity index (χ2n) is 5.27. The minimum atomic E-state index is -0.531. The summed E-state index contributed by atoms with van der Waals surface area (Å²) in [6, 6.07) is 6.76. The third kappa shape index (κ3) is 2.89. The Labute approximate surface area is 121 Å². The molecule has 0 amide bonds. The Morgan fingerprint density at radius 3 is 2.48 bits per heavy atom. The Hall–Kier alpha value is -2.37. The number of para-hydroxylation sites is 1. The van der Waals surface area contributed by atoms with Gasteiger partial charge in [0.05, 0.1) is 18.0 Å². The molecule has 112 valence electrons. The van der Waals surface area contributed by atoms with Crippen molar-refractivity contribution in [2.45, 2.75) is 26.9 Å². The van der Waals surface area contributed by atoms with Crippen LogP contribution in [0.15, 0.2) is 33.9 Å². The summed E-state index contributed by atoms with van der Waals surface area (Å²) in [5.41, 5.74) is -0.374. The summed E-state index contributed by atoms with van der Waals surface area (Å²) in [5.74, 6) is -0.389. The van der Waals surface area contributed by atoms with Crippen LogP contribution >= 0.6 is 0 Å². The molecule has 0 spiro atoms. The maximum atomic E-state index is 12.5. The molecule has 0 saturated heterocycles. The minimum absolute atomic E-state index is 0.142. The van der Waals surface area contributed by atoms with Gasteiger partial charge in [-0.15, -0.1) is 0 Å². The molecule has 0 N–H and O–H groups in total. The average molecular weight is 290 g/mol. The van der Waals surface area contributed by atoms with Crippen LogP contribution in [0, 0.1) is 5.92 Å². The van der Waals surface area contributed by atoms with Crippen LogP contribution in [-0.2, 0) is 22.6 Å². The van der Waals surface area contributed by atoms with Crippen LogP contribution in [0.2, 0.25) is 0 Å². The summed E-state index contributed by atoms with van der Waals surface area (Å²) >= 11 is 0. The number of fused-ring (bicyclic) bond motifs is 1. The molecule has 0 bridgehead atoms. The Kier molecular flexibility index (Phi) is 4.26. The first-order valence-corrected chi connectivity index (χ1v) is 6.75. The number of aromatic nitrogens is 2. The van der Waals surface area contributed by atoms with Gasteiger partial charge in [0.25, 0.3) is 5.56 Å². The van der Waals surface area contributed by atoms with Crippen LogP contribution in [0.3, 0.4) is 0 Å². The molecule has 0 unspecified atom stereocenters. The molecule has 0 aliphatic heterocycles. The molecule has 1 aromatic carbocycles. The summed E-state index contributed by atoms with van der Waals surface area (Å²) in [5, 5.41) is 0.418. The normalized spacial score (nSPS) is 11.0. The van der Waals surface area contributed by atoms with Crippen molar-refractivity contribution in [2.24, 2.45) is 5.92 Å². The van der Waals surface area contributed by atoms with Gasteiger partial charge in [-0.2, -0.15) is 0 Å². The highest BCUT2D eigenvalue weighted by Gasteiger charge is 2.15. The van der Waals surface area contributed by atoms with Gasteiger partial charge in [-0.3, -0.25) is 18.7 Å². The maximum absolute atomic E-state index is 12.5. The Balaban J connectivity index is 2.78. The van der Waals surface area contributed by atoms with Crippen molar-refractivity contribution in [1.82, 2.24) is 9.13 Å². The molecule has 0 atom stereocenters. The minimum Gasteiger partial charge on any atom is -0.468 e. The standard InChI is InChI=1S/C15H18N2O4/c1-10(2)8-17-14(19)11-6-4-5-7-12(11)16(15(17)20)9-13(18)21-3/h4-7,10H,8-9H2,1-3H3. The predicted molar refractivity (Wildman–Crippen MR) is 79.3 cm³/mol. The molecule has 2 aromatic rings. The van der Waals surface area contributed by atoms with Crippen molar-refractivity contribution in [3.8, 4) is 0 Å². The smallest absolute Gasteiger partial charge is 0.332 e. The highest BCUT2D eigenvalue weighted by molar-refractivity contribution is 5.79. The Bertz CT molecular complexity index is 786. The zero-order chi connectivity index (χ0) is 15.6. The van der Waals surface area contributed by atoms with Crippen LogP contribution in [0.4, 0.5) is 0 Å². The van der Waals surface area contributed by atoms with E-state index in [1.54, 1.807) is 24.3 Å². The van der Waals surface area contributed by atoms with E-state index in [4.69, 9.17) is 0 Å². The fourth-order valence-electron chi connectivity index (χ4n) is 2.24. The fourth-order valence-corrected chi connectivity index (χ4v) is 2.24. The number of ether oxygens (including phenoxy) is 1. The highest BCUT2D eigenvalue weighted by Crippen LogP contribution is 2.08. The van der Waals surface area contributed by atoms with Crippen LogP contribution in [-0.4, -0.2) is 22.2 Å². The summed E-state index contributed by atoms with van der Waals surface area (Å²) in [6.07, 6.45) is 0. The average Bonchev–Trinajstić information content (AvgIpc) is 2.47. The van der Waals surface area contributed by atoms with Crippen molar-refractivity contribution in [1.29, 1.82) is 0 Å². The summed E-state index contributed by atoms with van der Waals surface area (Å²) in [4.78, 5) is 36.5. The number of carbonyl (C=O) groups is 1. The molecular formula is C15H18N2O4. The molecule has 6 heteroatoms. The third-order valence-corrected chi connectivity index (χ3v) is 3.19. The molecule has 0 saturated carbocycles.